The molecule has 2 aromatic carbocycles. The molecular weight excluding hydrogens is 456 g/mol. The highest BCUT2D eigenvalue weighted by molar-refractivity contribution is 9.11. The normalized spacial score (nSPS) is 14.2. The van der Waals surface area contributed by atoms with E-state index in [-0.39, 0.29) is 0 Å². The molecule has 0 aliphatic carbocycles. The van der Waals surface area contributed by atoms with Gasteiger partial charge in [0.25, 0.3) is 0 Å². The smallest absolute Gasteiger partial charge is 0.128 e. The molecule has 2 aromatic heterocycles. The van der Waals surface area contributed by atoms with Gasteiger partial charge >= 0.3 is 0 Å². The van der Waals surface area contributed by atoms with Crippen molar-refractivity contribution in [2.75, 3.05) is 6.26 Å². The maximum atomic E-state index is 3.77. The van der Waals surface area contributed by atoms with Gasteiger partial charge in [0, 0.05) is 9.75 Å². The number of thioether (sulfide) groups is 1. The minimum absolute atomic E-state index is 1.23. The summed E-state index contributed by atoms with van der Waals surface area (Å²) in [6.45, 7) is 0. The third-order valence-electron chi connectivity index (χ3n) is 5.04. The zero-order valence-electron chi connectivity index (χ0n) is 14.0. The van der Waals surface area contributed by atoms with Crippen LogP contribution < -0.4 is 20.7 Å². The Kier molecular flexibility index (Phi) is 4.25. The molecule has 0 spiro atoms. The fourth-order valence-corrected chi connectivity index (χ4v) is 14.1. The van der Waals surface area contributed by atoms with Gasteiger partial charge in [-0.2, -0.15) is 0 Å². The number of fused-ring (bicyclic) bond motifs is 3. The summed E-state index contributed by atoms with van der Waals surface area (Å²) in [7, 11) is -2.22. The van der Waals surface area contributed by atoms with Gasteiger partial charge in [-0.25, -0.2) is 0 Å². The van der Waals surface area contributed by atoms with Gasteiger partial charge in [-0.3, -0.25) is 0 Å². The lowest BCUT2D eigenvalue weighted by atomic mass is 10.4. The molecule has 5 heteroatoms. The number of thiophene rings is 2. The van der Waals surface area contributed by atoms with Gasteiger partial charge in [-0.15, -0.1) is 34.4 Å². The van der Waals surface area contributed by atoms with Gasteiger partial charge in [0.15, 0.2) is 8.07 Å². The lowest BCUT2D eigenvalue weighted by molar-refractivity contribution is 1.70. The summed E-state index contributed by atoms with van der Waals surface area (Å²) in [6.07, 6.45) is 2.18. The van der Waals surface area contributed by atoms with Crippen molar-refractivity contribution in [2.24, 2.45) is 0 Å². The minimum atomic E-state index is -2.22. The lowest BCUT2D eigenvalue weighted by Crippen LogP contribution is -2.72. The van der Waals surface area contributed by atoms with Crippen LogP contribution in [0.4, 0.5) is 0 Å². The molecule has 0 N–H and O–H groups in total. The van der Waals surface area contributed by atoms with Crippen LogP contribution in [0.1, 0.15) is 0 Å². The van der Waals surface area contributed by atoms with Gasteiger partial charge in [0.1, 0.15) is 0 Å². The molecule has 128 valence electrons. The van der Waals surface area contributed by atoms with Crippen LogP contribution in [-0.2, 0) is 0 Å². The van der Waals surface area contributed by atoms with Gasteiger partial charge < -0.3 is 0 Å². The average Bonchev–Trinajstić information content (AvgIpc) is 3.33. The second-order valence-electron chi connectivity index (χ2n) is 6.29. The first-order valence-electron chi connectivity index (χ1n) is 8.34. The van der Waals surface area contributed by atoms with E-state index in [0.29, 0.717) is 0 Å². The van der Waals surface area contributed by atoms with E-state index in [1.165, 1.54) is 28.1 Å². The molecule has 0 amide bonds. The number of hydrogen-bond acceptors (Lipinski definition) is 3. The number of halogens is 1. The molecule has 0 saturated carbocycles. The average molecular weight is 472 g/mol. The monoisotopic (exact) mass is 470 g/mol. The second-order valence-corrected chi connectivity index (χ2v) is 14.6. The van der Waals surface area contributed by atoms with E-state index < -0.39 is 8.07 Å². The summed E-state index contributed by atoms with van der Waals surface area (Å²) >= 11 is 9.47. The van der Waals surface area contributed by atoms with Crippen molar-refractivity contribution in [3.8, 4) is 9.75 Å². The number of benzene rings is 2. The third kappa shape index (κ3) is 2.31. The largest absolute Gasteiger partial charge is 0.182 e. The van der Waals surface area contributed by atoms with E-state index in [4.69, 9.17) is 0 Å². The molecule has 0 atom stereocenters. The summed E-state index contributed by atoms with van der Waals surface area (Å²) in [5, 5.41) is 6.06. The molecular formula is C21H15BrS3Si. The van der Waals surface area contributed by atoms with Crippen molar-refractivity contribution in [1.29, 1.82) is 0 Å². The minimum Gasteiger partial charge on any atom is -0.128 e. The van der Waals surface area contributed by atoms with Gasteiger partial charge in [-0.05, 0) is 55.1 Å². The van der Waals surface area contributed by atoms with E-state index in [0.717, 1.165) is 0 Å². The molecule has 0 bridgehead atoms. The van der Waals surface area contributed by atoms with Gasteiger partial charge in [0.05, 0.1) is 8.00 Å². The maximum absolute atomic E-state index is 3.77. The predicted octanol–water partition coefficient (Wildman–Crippen LogP) is 4.65. The van der Waals surface area contributed by atoms with Crippen LogP contribution in [0.25, 0.3) is 9.75 Å². The number of rotatable bonds is 3. The molecule has 0 unspecified atom stereocenters. The van der Waals surface area contributed by atoms with E-state index in [2.05, 4.69) is 95.0 Å². The summed E-state index contributed by atoms with van der Waals surface area (Å²) in [5.74, 6) is 0. The fraction of sp³-hybridized carbons (Fsp3) is 0.0476. The Balaban J connectivity index is 1.95. The molecule has 4 aromatic rings. The molecule has 1 aliphatic rings. The summed E-state index contributed by atoms with van der Waals surface area (Å²) in [6, 6.07) is 27.2. The van der Waals surface area contributed by atoms with Crippen molar-refractivity contribution in [2.45, 2.75) is 4.21 Å². The maximum Gasteiger partial charge on any atom is 0.182 e. The Morgan fingerprint density at radius 1 is 0.769 bits per heavy atom. The lowest BCUT2D eigenvalue weighted by Gasteiger charge is -2.29. The second kappa shape index (κ2) is 6.50. The van der Waals surface area contributed by atoms with Crippen molar-refractivity contribution < 1.29 is 0 Å². The van der Waals surface area contributed by atoms with Gasteiger partial charge in [-0.1, -0.05) is 60.7 Å². The predicted molar refractivity (Wildman–Crippen MR) is 124 cm³/mol. The fourth-order valence-electron chi connectivity index (χ4n) is 4.03. The van der Waals surface area contributed by atoms with Crippen LogP contribution >= 0.6 is 50.4 Å². The van der Waals surface area contributed by atoms with E-state index >= 15 is 0 Å². The summed E-state index contributed by atoms with van der Waals surface area (Å²) < 4.78 is 2.64. The standard InChI is InChI=1S/C21H15BrS3Si/c1-23-19-13-17-21(25-19)20-16(12-18(22)24-20)26(17,14-8-4-2-5-9-14)15-10-6-3-7-11-15/h2-13H,1H3. The Bertz CT molecular complexity index is 1040. The van der Waals surface area contributed by atoms with Crippen LogP contribution in [0.3, 0.4) is 0 Å². The van der Waals surface area contributed by atoms with E-state index in [1.54, 1.807) is 10.4 Å². The van der Waals surface area contributed by atoms with E-state index in [9.17, 15) is 0 Å². The van der Waals surface area contributed by atoms with Gasteiger partial charge in [0.2, 0.25) is 0 Å². The van der Waals surface area contributed by atoms with Crippen molar-refractivity contribution in [3.05, 3.63) is 76.6 Å². The third-order valence-corrected chi connectivity index (χ3v) is 14.2. The zero-order chi connectivity index (χ0) is 17.7. The van der Waals surface area contributed by atoms with Crippen LogP contribution in [0, 0.1) is 0 Å². The molecule has 0 fully saturated rings. The Morgan fingerprint density at radius 3 is 1.88 bits per heavy atom. The number of hydrogen-bond donors (Lipinski definition) is 0. The molecule has 5 rings (SSSR count). The first kappa shape index (κ1) is 17.0. The van der Waals surface area contributed by atoms with Crippen LogP contribution in [0.5, 0.6) is 0 Å². The van der Waals surface area contributed by atoms with Crippen LogP contribution in [0.2, 0.25) is 0 Å². The quantitative estimate of drug-likeness (QED) is 0.273. The van der Waals surface area contributed by atoms with Crippen LogP contribution in [0.15, 0.2) is 80.8 Å². The van der Waals surface area contributed by atoms with E-state index in [1.807, 2.05) is 34.4 Å². The first-order chi connectivity index (χ1) is 12.7. The topological polar surface area (TPSA) is 0 Å². The van der Waals surface area contributed by atoms with Crippen molar-refractivity contribution in [1.82, 2.24) is 0 Å². The molecule has 1 aliphatic heterocycles. The van der Waals surface area contributed by atoms with Crippen LogP contribution in [-0.4, -0.2) is 14.3 Å². The Morgan fingerprint density at radius 2 is 1.31 bits per heavy atom. The molecule has 26 heavy (non-hydrogen) atoms. The molecule has 0 radical (unpaired) electrons. The van der Waals surface area contributed by atoms with Crippen molar-refractivity contribution >= 4 is 79.2 Å². The van der Waals surface area contributed by atoms with Crippen molar-refractivity contribution in [3.63, 3.8) is 0 Å². The molecule has 3 heterocycles. The first-order valence-corrected chi connectivity index (χ1v) is 14.0. The summed E-state index contributed by atoms with van der Waals surface area (Å²) in [4.78, 5) is 2.95. The molecule has 0 nitrogen and oxygen atoms in total. The zero-order valence-corrected chi connectivity index (χ0v) is 19.1. The Labute approximate surface area is 175 Å². The molecule has 0 saturated heterocycles. The highest BCUT2D eigenvalue weighted by atomic mass is 79.9. The summed E-state index contributed by atoms with van der Waals surface area (Å²) in [5.41, 5.74) is 0. The highest BCUT2D eigenvalue weighted by Gasteiger charge is 2.50. The SMILES string of the molecule is CSc1cc2c(s1)-c1sc(Br)cc1[Si]2(c1ccccc1)c1ccccc1. The Hall–Kier alpha value is -1.11. The highest BCUT2D eigenvalue weighted by Crippen LogP contribution is 2.42.